The van der Waals surface area contributed by atoms with Gasteiger partial charge in [-0.1, -0.05) is 42.5 Å². The number of pyridine rings is 1. The highest BCUT2D eigenvalue weighted by Gasteiger charge is 2.18. The van der Waals surface area contributed by atoms with E-state index < -0.39 is 0 Å². The van der Waals surface area contributed by atoms with Crippen LogP contribution in [-0.4, -0.2) is 31.7 Å². The Morgan fingerprint density at radius 1 is 0.829 bits per heavy atom. The SMILES string of the molecule is CCOC(=O)c1ccc2c(c1)/C(=C/C=C/C=C/C=C/c1cc[n+](CC)c3ccc(C(=O)OCC)cc13)C=CN2CC. The topological polar surface area (TPSA) is 59.7 Å². The fourth-order valence-corrected chi connectivity index (χ4v) is 4.75. The fraction of sp³-hybridized carbons (Fsp3) is 0.229. The van der Waals surface area contributed by atoms with Gasteiger partial charge in [-0.05, 0) is 75.2 Å². The molecule has 0 amide bonds. The molecule has 6 heteroatoms. The third-order valence-electron chi connectivity index (χ3n) is 6.80. The molecule has 0 aliphatic carbocycles. The lowest BCUT2D eigenvalue weighted by Crippen LogP contribution is -2.32. The van der Waals surface area contributed by atoms with E-state index in [9.17, 15) is 9.59 Å². The van der Waals surface area contributed by atoms with Crippen molar-refractivity contribution in [3.8, 4) is 0 Å². The van der Waals surface area contributed by atoms with Crippen molar-refractivity contribution < 1.29 is 23.6 Å². The van der Waals surface area contributed by atoms with Gasteiger partial charge >= 0.3 is 11.9 Å². The van der Waals surface area contributed by atoms with Crippen LogP contribution in [0.2, 0.25) is 0 Å². The second-order valence-electron chi connectivity index (χ2n) is 9.31. The lowest BCUT2D eigenvalue weighted by atomic mass is 9.97. The lowest BCUT2D eigenvalue weighted by molar-refractivity contribution is -0.667. The Bertz CT molecular complexity index is 1580. The third kappa shape index (κ3) is 6.90. The van der Waals surface area contributed by atoms with Gasteiger partial charge < -0.3 is 14.4 Å². The Kier molecular flexibility index (Phi) is 10.1. The minimum atomic E-state index is -0.315. The summed E-state index contributed by atoms with van der Waals surface area (Å²) >= 11 is 0. The number of fused-ring (bicyclic) bond motifs is 2. The fourth-order valence-electron chi connectivity index (χ4n) is 4.75. The quantitative estimate of drug-likeness (QED) is 0.154. The summed E-state index contributed by atoms with van der Waals surface area (Å²) in [6.45, 7) is 10.2. The number of ether oxygens (including phenoxy) is 2. The van der Waals surface area contributed by atoms with Gasteiger partial charge in [0.1, 0.15) is 6.54 Å². The molecule has 3 aromatic rings. The predicted molar refractivity (Wildman–Crippen MR) is 166 cm³/mol. The maximum atomic E-state index is 12.3. The monoisotopic (exact) mass is 549 g/mol. The molecule has 0 bridgehead atoms. The maximum Gasteiger partial charge on any atom is 0.338 e. The molecule has 2 aromatic carbocycles. The molecule has 0 spiro atoms. The molecule has 0 fully saturated rings. The van der Waals surface area contributed by atoms with Crippen LogP contribution in [0.4, 0.5) is 5.69 Å². The number of allylic oxidation sites excluding steroid dienone is 8. The van der Waals surface area contributed by atoms with Crippen LogP contribution in [0.5, 0.6) is 0 Å². The first-order valence-electron chi connectivity index (χ1n) is 14.1. The number of aryl methyl sites for hydroxylation is 1. The molecule has 1 aromatic heterocycles. The van der Waals surface area contributed by atoms with Gasteiger partial charge in [0.2, 0.25) is 5.52 Å². The largest absolute Gasteiger partial charge is 0.462 e. The second kappa shape index (κ2) is 14.1. The van der Waals surface area contributed by atoms with Gasteiger partial charge in [0, 0.05) is 36.1 Å². The summed E-state index contributed by atoms with van der Waals surface area (Å²) in [5.74, 6) is -0.629. The molecular formula is C35H37N2O4+. The molecule has 0 atom stereocenters. The van der Waals surface area contributed by atoms with Crippen molar-refractivity contribution in [1.82, 2.24) is 0 Å². The Hall–Kier alpha value is -4.71. The molecule has 0 radical (unpaired) electrons. The molecule has 6 nitrogen and oxygen atoms in total. The van der Waals surface area contributed by atoms with Crippen molar-refractivity contribution >= 4 is 40.2 Å². The minimum absolute atomic E-state index is 0.315. The number of hydrogen-bond acceptors (Lipinski definition) is 5. The summed E-state index contributed by atoms with van der Waals surface area (Å²) in [5.41, 5.74) is 6.25. The maximum absolute atomic E-state index is 12.3. The van der Waals surface area contributed by atoms with Gasteiger partial charge in [-0.25, -0.2) is 9.59 Å². The highest BCUT2D eigenvalue weighted by molar-refractivity contribution is 5.96. The summed E-state index contributed by atoms with van der Waals surface area (Å²) in [7, 11) is 0. The van der Waals surface area contributed by atoms with Crippen LogP contribution in [0.3, 0.4) is 0 Å². The summed E-state index contributed by atoms with van der Waals surface area (Å²) in [6, 6.07) is 13.4. The number of carbonyl (C=O) groups excluding carboxylic acids is 2. The van der Waals surface area contributed by atoms with Crippen molar-refractivity contribution in [2.75, 3.05) is 24.7 Å². The Morgan fingerprint density at radius 2 is 1.51 bits per heavy atom. The minimum Gasteiger partial charge on any atom is -0.462 e. The number of carbonyl (C=O) groups is 2. The van der Waals surface area contributed by atoms with Gasteiger partial charge in [0.25, 0.3) is 0 Å². The van der Waals surface area contributed by atoms with Crippen LogP contribution in [0, 0.1) is 0 Å². The van der Waals surface area contributed by atoms with E-state index in [1.165, 1.54) is 0 Å². The molecular weight excluding hydrogens is 512 g/mol. The summed E-state index contributed by atoms with van der Waals surface area (Å²) in [5, 5.41) is 0.996. The van der Waals surface area contributed by atoms with E-state index >= 15 is 0 Å². The zero-order valence-corrected chi connectivity index (χ0v) is 24.2. The van der Waals surface area contributed by atoms with Gasteiger partial charge in [0.05, 0.1) is 29.7 Å². The van der Waals surface area contributed by atoms with E-state index in [-0.39, 0.29) is 11.9 Å². The van der Waals surface area contributed by atoms with E-state index in [1.807, 2.05) is 92.8 Å². The highest BCUT2D eigenvalue weighted by atomic mass is 16.5. The van der Waals surface area contributed by atoms with Crippen molar-refractivity contribution in [2.45, 2.75) is 34.2 Å². The van der Waals surface area contributed by atoms with Crippen LogP contribution in [0.1, 0.15) is 59.5 Å². The number of hydrogen-bond donors (Lipinski definition) is 0. The normalized spacial score (nSPS) is 14.0. The molecule has 210 valence electrons. The first kappa shape index (κ1) is 29.3. The molecule has 0 saturated carbocycles. The number of rotatable bonds is 10. The van der Waals surface area contributed by atoms with Crippen LogP contribution in [-0.2, 0) is 16.0 Å². The highest BCUT2D eigenvalue weighted by Crippen LogP contribution is 2.33. The van der Waals surface area contributed by atoms with Crippen LogP contribution < -0.4 is 9.47 Å². The van der Waals surface area contributed by atoms with E-state index in [2.05, 4.69) is 47.9 Å². The predicted octanol–water partition coefficient (Wildman–Crippen LogP) is 7.06. The Labute approximate surface area is 242 Å². The molecule has 2 heterocycles. The van der Waals surface area contributed by atoms with Gasteiger partial charge in [-0.3, -0.25) is 0 Å². The number of anilines is 1. The van der Waals surface area contributed by atoms with Gasteiger partial charge in [0.15, 0.2) is 6.20 Å². The van der Waals surface area contributed by atoms with Crippen LogP contribution in [0.25, 0.3) is 22.6 Å². The zero-order chi connectivity index (χ0) is 29.2. The van der Waals surface area contributed by atoms with E-state index in [4.69, 9.17) is 9.47 Å². The van der Waals surface area contributed by atoms with Gasteiger partial charge in [-0.15, -0.1) is 0 Å². The molecule has 1 aliphatic rings. The standard InChI is InChI=1S/C35H37N2O4/c1-5-36-22-20-26(30-24-28(16-18-32(30)36)34(38)40-7-3)14-12-10-9-11-13-15-27-21-23-37(6-2)33-19-17-29(25-31(27)33)35(39)41-8-4/h9-25H,5-8H2,1-4H3/q+1. The Balaban J connectivity index is 1.53. The number of benzene rings is 2. The Morgan fingerprint density at radius 3 is 2.22 bits per heavy atom. The van der Waals surface area contributed by atoms with Crippen molar-refractivity contribution in [3.05, 3.63) is 120 Å². The summed E-state index contributed by atoms with van der Waals surface area (Å²) in [4.78, 5) is 26.8. The molecule has 4 rings (SSSR count). The molecule has 41 heavy (non-hydrogen) atoms. The zero-order valence-electron chi connectivity index (χ0n) is 24.2. The first-order valence-corrected chi connectivity index (χ1v) is 14.1. The van der Waals surface area contributed by atoms with Crippen molar-refractivity contribution in [2.24, 2.45) is 0 Å². The van der Waals surface area contributed by atoms with Crippen molar-refractivity contribution in [1.29, 1.82) is 0 Å². The molecule has 0 unspecified atom stereocenters. The number of esters is 2. The smallest absolute Gasteiger partial charge is 0.338 e. The van der Waals surface area contributed by atoms with E-state index in [1.54, 1.807) is 0 Å². The third-order valence-corrected chi connectivity index (χ3v) is 6.80. The number of nitrogens with zero attached hydrogens (tertiary/aromatic N) is 2. The average Bonchev–Trinajstić information content (AvgIpc) is 3.00. The average molecular weight is 550 g/mol. The van der Waals surface area contributed by atoms with Crippen LogP contribution >= 0.6 is 0 Å². The molecule has 0 saturated heterocycles. The summed E-state index contributed by atoms with van der Waals surface area (Å²) < 4.78 is 12.5. The first-order chi connectivity index (χ1) is 20.0. The van der Waals surface area contributed by atoms with E-state index in [0.29, 0.717) is 24.3 Å². The second-order valence-corrected chi connectivity index (χ2v) is 9.31. The lowest BCUT2D eigenvalue weighted by Gasteiger charge is -2.26. The molecule has 1 aliphatic heterocycles. The number of aromatic nitrogens is 1. The van der Waals surface area contributed by atoms with Crippen LogP contribution in [0.15, 0.2) is 97.4 Å². The van der Waals surface area contributed by atoms with Crippen molar-refractivity contribution in [3.63, 3.8) is 0 Å². The van der Waals surface area contributed by atoms with Gasteiger partial charge in [-0.2, -0.15) is 4.57 Å². The molecule has 0 N–H and O–H groups in total. The summed E-state index contributed by atoms with van der Waals surface area (Å²) in [6.07, 6.45) is 20.1. The van der Waals surface area contributed by atoms with E-state index in [0.717, 1.165) is 46.4 Å².